The smallest absolute Gasteiger partial charge is 0.335 e. The number of H-pyrrole nitrogens is 2. The van der Waals surface area contributed by atoms with Gasteiger partial charge in [-0.3, -0.25) is 0 Å². The number of nitrogens with zero attached hydrogens (tertiary/aromatic N) is 2. The van der Waals surface area contributed by atoms with E-state index in [-0.39, 0.29) is 76.6 Å². The van der Waals surface area contributed by atoms with Gasteiger partial charge in [-0.05, 0) is 279 Å². The minimum Gasteiger partial charge on any atom is -0.478 e. The van der Waals surface area contributed by atoms with E-state index in [4.69, 9.17) is 38.4 Å². The lowest BCUT2D eigenvalue weighted by molar-refractivity contribution is 0.0696. The molecule has 3 N–H and O–H groups in total. The van der Waals surface area contributed by atoms with Crippen molar-refractivity contribution in [3.05, 3.63) is 297 Å². The molecule has 8 bridgehead atoms. The third-order valence-corrected chi connectivity index (χ3v) is 27.0. The summed E-state index contributed by atoms with van der Waals surface area (Å²) in [6.07, 6.45) is 0. The number of hydrogen-bond acceptors (Lipinski definition) is 9. The molecular formula is C121H124N4O8. The Hall–Kier alpha value is -13.5. The molecule has 0 aliphatic carbocycles. The van der Waals surface area contributed by atoms with Crippen LogP contribution < -0.4 is 28.4 Å². The van der Waals surface area contributed by atoms with Crippen molar-refractivity contribution in [1.82, 2.24) is 19.9 Å². The first-order chi connectivity index (χ1) is 63.6. The van der Waals surface area contributed by atoms with Gasteiger partial charge in [0.15, 0.2) is 34.5 Å². The first-order valence-electron chi connectivity index (χ1n) is 48.0. The van der Waals surface area contributed by atoms with Gasteiger partial charge >= 0.3 is 5.97 Å². The summed E-state index contributed by atoms with van der Waals surface area (Å²) in [5.74, 6) is 9.24. The van der Waals surface area contributed by atoms with E-state index in [0.29, 0.717) is 57.1 Å². The average Bonchev–Trinajstić information content (AvgIpc) is 1.60. The summed E-state index contributed by atoms with van der Waals surface area (Å²) in [6.45, 7) is 53.4. The maximum absolute atomic E-state index is 13.4. The van der Waals surface area contributed by atoms with Gasteiger partial charge in [-0.25, -0.2) is 14.8 Å². The fourth-order valence-electron chi connectivity index (χ4n) is 19.6. The Morgan fingerprint density at radius 2 is 0.406 bits per heavy atom. The summed E-state index contributed by atoms with van der Waals surface area (Å²) < 4.78 is 45.3. The number of aromatic amines is 2. The number of para-hydroxylation sites is 6. The fraction of sp³-hybridized carbons (Fsp3) is 0.298. The summed E-state index contributed by atoms with van der Waals surface area (Å²) in [6, 6.07) is 79.5. The van der Waals surface area contributed by atoms with Gasteiger partial charge in [0.25, 0.3) is 0 Å². The van der Waals surface area contributed by atoms with Crippen molar-refractivity contribution >= 4 is 81.9 Å². The van der Waals surface area contributed by atoms with Gasteiger partial charge in [0.1, 0.15) is 34.5 Å². The standard InChI is InChI=1S/C121H124N4O8/c1-62(2)81-31-25-32-82(63(3)4)115(81)128-109-52-75-46-95-96(47-76(75)53-110(109)129-116-83(64(5)6)33-26-34-84(116)65(7)8)105-60-107-99-50-79-56-113(132-119-89(70(17)18)39-29-40-90(119)71(19)20)114(133-120-91(72(21)22)41-30-42-92(120)73(23)24)57-80(79)51-100(99)108(125-107)61-106-98-49-78-55-112(131-118-87(68(13)14)37-28-38-88(118)69(15)16)111(130-117-85(66(9)10)35-27-36-86(117)67(11)12)54-77(78)48-97(98)104(124-106)59-102-94-45-74(121(126)127)43-44-93(94)101(122-102)58-103(95)123-105/h25-73,123-124H,1-24H3,(H,126,127). The third kappa shape index (κ3) is 17.0. The minimum absolute atomic E-state index is 0.141. The summed E-state index contributed by atoms with van der Waals surface area (Å²) >= 11 is 0. The summed E-state index contributed by atoms with van der Waals surface area (Å²) in [4.78, 5) is 33.0. The average molecular weight is 1760 g/mol. The van der Waals surface area contributed by atoms with Crippen molar-refractivity contribution in [3.63, 3.8) is 0 Å². The van der Waals surface area contributed by atoms with Crippen molar-refractivity contribution in [1.29, 1.82) is 0 Å². The Morgan fingerprint density at radius 3 is 0.594 bits per heavy atom. The van der Waals surface area contributed by atoms with Crippen molar-refractivity contribution in [3.8, 4) is 114 Å². The van der Waals surface area contributed by atoms with Crippen molar-refractivity contribution in [2.75, 3.05) is 0 Å². The molecule has 0 radical (unpaired) electrons. The highest BCUT2D eigenvalue weighted by atomic mass is 16.5. The van der Waals surface area contributed by atoms with Crippen LogP contribution in [0.4, 0.5) is 0 Å². The zero-order valence-corrected chi connectivity index (χ0v) is 81.5. The van der Waals surface area contributed by atoms with E-state index >= 15 is 0 Å². The van der Waals surface area contributed by atoms with Crippen molar-refractivity contribution in [2.45, 2.75) is 237 Å². The van der Waals surface area contributed by atoms with Crippen LogP contribution in [0.3, 0.4) is 0 Å². The molecule has 2 aliphatic rings. The Kier molecular flexibility index (Phi) is 24.3. The molecule has 0 unspecified atom stereocenters. The van der Waals surface area contributed by atoms with Gasteiger partial charge in [-0.15, -0.1) is 0 Å². The molecule has 16 aromatic rings. The Bertz CT molecular complexity index is 7370. The molecule has 12 heteroatoms. The largest absolute Gasteiger partial charge is 0.478 e. The molecule has 18 rings (SSSR count). The van der Waals surface area contributed by atoms with Gasteiger partial charge in [-0.2, -0.15) is 0 Å². The topological polar surface area (TPSA) is 150 Å². The lowest BCUT2D eigenvalue weighted by Gasteiger charge is -2.24. The highest BCUT2D eigenvalue weighted by molar-refractivity contribution is 6.16. The van der Waals surface area contributed by atoms with E-state index in [2.05, 4.69) is 382 Å². The quantitative estimate of drug-likeness (QED) is 0.0505. The molecule has 12 nitrogen and oxygen atoms in total. The van der Waals surface area contributed by atoms with Gasteiger partial charge in [0, 0.05) is 65.9 Å². The monoisotopic (exact) mass is 1760 g/mol. The lowest BCUT2D eigenvalue weighted by Crippen LogP contribution is -2.03. The van der Waals surface area contributed by atoms with Gasteiger partial charge < -0.3 is 43.5 Å². The molecule has 133 heavy (non-hydrogen) atoms. The number of rotatable bonds is 25. The second kappa shape index (κ2) is 35.9. The molecule has 0 amide bonds. The van der Waals surface area contributed by atoms with E-state index in [1.54, 1.807) is 12.1 Å². The number of aromatic carboxylic acids is 1. The van der Waals surface area contributed by atoms with Crippen LogP contribution in [0.25, 0.3) is 121 Å². The summed E-state index contributed by atoms with van der Waals surface area (Å²) in [5.41, 5.74) is 22.5. The molecule has 13 aromatic carbocycles. The van der Waals surface area contributed by atoms with Crippen molar-refractivity contribution in [2.24, 2.45) is 0 Å². The van der Waals surface area contributed by atoms with Crippen LogP contribution in [0, 0.1) is 0 Å². The number of benzene rings is 13. The van der Waals surface area contributed by atoms with Crippen LogP contribution in [-0.4, -0.2) is 31.0 Å². The van der Waals surface area contributed by atoms with Crippen LogP contribution in [-0.2, 0) is 0 Å². The Balaban J connectivity index is 0.960. The zero-order valence-electron chi connectivity index (χ0n) is 81.5. The van der Waals surface area contributed by atoms with Crippen LogP contribution in [0.2, 0.25) is 0 Å². The SMILES string of the molecule is CC(C)c1cccc(C(C)C)c1Oc1cc2cc3c(cc2cc1Oc1c(C(C)C)cccc1C(C)C)-c1cc2[nH]c(cc4nc(cc5[nH]c(cc-3n1)c1cc3cc(Oc6c(C(C)C)cccc6C(C)C)c(Oc6c(C(C)C)cccc6C(C)C)cc3cc51)-c1ccc(C(=O)O)cc1-4)c1cc3cc(Oc4c(C(C)C)cccc4C(C)C)c(Oc4c(C(C)C)cccc4C(C)C)cc3cc21. The molecule has 0 atom stereocenters. The number of ether oxygens (including phenoxy) is 6. The van der Waals surface area contributed by atoms with Gasteiger partial charge in [-0.1, -0.05) is 281 Å². The third-order valence-electron chi connectivity index (χ3n) is 27.0. The molecule has 3 aromatic heterocycles. The van der Waals surface area contributed by atoms with Crippen LogP contribution in [0.15, 0.2) is 224 Å². The van der Waals surface area contributed by atoms with E-state index in [1.165, 1.54) is 0 Å². The van der Waals surface area contributed by atoms with Crippen LogP contribution in [0.5, 0.6) is 69.0 Å². The van der Waals surface area contributed by atoms with Crippen LogP contribution in [0.1, 0.15) is 314 Å². The van der Waals surface area contributed by atoms with E-state index in [1.807, 2.05) is 6.07 Å². The molecule has 676 valence electrons. The normalized spacial score (nSPS) is 12.3. The van der Waals surface area contributed by atoms with E-state index in [0.717, 1.165) is 200 Å². The second-order valence-electron chi connectivity index (χ2n) is 40.5. The van der Waals surface area contributed by atoms with Gasteiger partial charge in [0.2, 0.25) is 0 Å². The predicted molar refractivity (Wildman–Crippen MR) is 553 cm³/mol. The minimum atomic E-state index is -1.04. The molecular weight excluding hydrogens is 1640 g/mol. The number of hydrogen-bond donors (Lipinski definition) is 3. The molecule has 0 saturated heterocycles. The number of carbonyl (C=O) groups is 1. The number of nitrogens with one attached hydrogen (secondary N) is 2. The molecule has 5 heterocycles. The summed E-state index contributed by atoms with van der Waals surface area (Å²) in [7, 11) is 0. The van der Waals surface area contributed by atoms with Crippen molar-refractivity contribution < 1.29 is 38.3 Å². The first kappa shape index (κ1) is 90.1. The number of aromatic nitrogens is 4. The maximum atomic E-state index is 13.4. The van der Waals surface area contributed by atoms with Gasteiger partial charge in [0.05, 0.1) is 28.3 Å². The number of carboxylic acid groups (broad SMARTS) is 1. The zero-order chi connectivity index (χ0) is 93.9. The molecule has 0 spiro atoms. The fourth-order valence-corrected chi connectivity index (χ4v) is 19.6. The first-order valence-corrected chi connectivity index (χ1v) is 48.0. The second-order valence-corrected chi connectivity index (χ2v) is 40.5. The highest BCUT2D eigenvalue weighted by Crippen LogP contribution is 2.54. The number of fused-ring (bicyclic) bond motifs is 23. The molecule has 2 aliphatic heterocycles. The predicted octanol–water partition coefficient (Wildman–Crippen LogP) is 36.7. The molecule has 0 fully saturated rings. The van der Waals surface area contributed by atoms with E-state index < -0.39 is 5.97 Å². The van der Waals surface area contributed by atoms with E-state index in [9.17, 15) is 9.90 Å². The summed E-state index contributed by atoms with van der Waals surface area (Å²) in [5, 5.41) is 20.1. The highest BCUT2D eigenvalue weighted by Gasteiger charge is 2.31. The Labute approximate surface area is 783 Å². The molecule has 0 saturated carbocycles. The lowest BCUT2D eigenvalue weighted by atomic mass is 9.93. The Morgan fingerprint density at radius 1 is 0.226 bits per heavy atom. The number of carboxylic acids is 1. The van der Waals surface area contributed by atoms with Crippen LogP contribution >= 0.6 is 0 Å². The maximum Gasteiger partial charge on any atom is 0.335 e.